The maximum atomic E-state index is 10.7. The highest BCUT2D eigenvalue weighted by Crippen LogP contribution is 2.29. The minimum Gasteiger partial charge on any atom is -0.446 e. The zero-order valence-electron chi connectivity index (χ0n) is 9.00. The van der Waals surface area contributed by atoms with E-state index in [0.29, 0.717) is 5.92 Å². The molecule has 1 aromatic carbocycles. The van der Waals surface area contributed by atoms with Gasteiger partial charge in [-0.25, -0.2) is 4.79 Å². The van der Waals surface area contributed by atoms with E-state index in [1.54, 1.807) is 0 Å². The highest BCUT2D eigenvalue weighted by Gasteiger charge is 2.21. The second-order valence-electron chi connectivity index (χ2n) is 3.98. The van der Waals surface area contributed by atoms with Crippen molar-refractivity contribution in [2.24, 2.45) is 5.73 Å². The van der Waals surface area contributed by atoms with Crippen molar-refractivity contribution in [2.45, 2.75) is 24.9 Å². The topological polar surface area (TPSA) is 52.3 Å². The van der Waals surface area contributed by atoms with Crippen LogP contribution >= 0.6 is 0 Å². The lowest BCUT2D eigenvalue weighted by Gasteiger charge is -2.24. The lowest BCUT2D eigenvalue weighted by atomic mass is 9.88. The van der Waals surface area contributed by atoms with Gasteiger partial charge in [-0.05, 0) is 12.0 Å². The van der Waals surface area contributed by atoms with Crippen LogP contribution in [0.5, 0.6) is 0 Å². The summed E-state index contributed by atoms with van der Waals surface area (Å²) in [4.78, 5) is 10.7. The van der Waals surface area contributed by atoms with Gasteiger partial charge in [-0.15, -0.1) is 0 Å². The van der Waals surface area contributed by atoms with Crippen molar-refractivity contribution in [3.05, 3.63) is 48.0 Å². The fraction of sp³-hybridized carbons (Fsp3) is 0.308. The molecule has 0 aromatic heterocycles. The number of primary amides is 1. The Labute approximate surface area is 94.9 Å². The molecular weight excluding hydrogens is 202 g/mol. The van der Waals surface area contributed by atoms with Crippen molar-refractivity contribution >= 4 is 6.09 Å². The Balaban J connectivity index is 2.05. The van der Waals surface area contributed by atoms with Crippen LogP contribution in [0.4, 0.5) is 4.79 Å². The second kappa shape index (κ2) is 4.84. The van der Waals surface area contributed by atoms with E-state index in [0.717, 1.165) is 12.8 Å². The van der Waals surface area contributed by atoms with Gasteiger partial charge >= 0.3 is 6.09 Å². The Morgan fingerprint density at radius 3 is 2.75 bits per heavy atom. The van der Waals surface area contributed by atoms with Crippen LogP contribution in [-0.4, -0.2) is 12.2 Å². The summed E-state index contributed by atoms with van der Waals surface area (Å²) in [5.41, 5.74) is 6.27. The second-order valence-corrected chi connectivity index (χ2v) is 3.98. The summed E-state index contributed by atoms with van der Waals surface area (Å²) in [5.74, 6) is 0.319. The molecule has 0 heterocycles. The van der Waals surface area contributed by atoms with E-state index in [-0.39, 0.29) is 6.10 Å². The summed E-state index contributed by atoms with van der Waals surface area (Å²) in [5, 5.41) is 0. The molecule has 3 nitrogen and oxygen atoms in total. The summed E-state index contributed by atoms with van der Waals surface area (Å²) < 4.78 is 5.03. The number of amides is 1. The smallest absolute Gasteiger partial charge is 0.404 e. The molecule has 0 saturated carbocycles. The average molecular weight is 217 g/mol. The van der Waals surface area contributed by atoms with Gasteiger partial charge in [0, 0.05) is 12.3 Å². The predicted molar refractivity (Wildman–Crippen MR) is 62.0 cm³/mol. The van der Waals surface area contributed by atoms with E-state index in [9.17, 15) is 4.79 Å². The normalized spacial score (nSPS) is 24.0. The van der Waals surface area contributed by atoms with Crippen LogP contribution in [0.2, 0.25) is 0 Å². The zero-order valence-corrected chi connectivity index (χ0v) is 9.00. The molecule has 16 heavy (non-hydrogen) atoms. The lowest BCUT2D eigenvalue weighted by molar-refractivity contribution is 0.0978. The summed E-state index contributed by atoms with van der Waals surface area (Å²) in [7, 11) is 0. The van der Waals surface area contributed by atoms with E-state index < -0.39 is 6.09 Å². The standard InChI is InChI=1S/C13H15NO2/c14-13(15)16-12-8-4-7-11(9-12)10-5-2-1-3-6-10/h1-7,11-12H,8-9H2,(H2,14,15). The number of benzene rings is 1. The van der Waals surface area contributed by atoms with Gasteiger partial charge in [-0.3, -0.25) is 0 Å². The fourth-order valence-electron chi connectivity index (χ4n) is 2.06. The number of carbonyl (C=O) groups excluding carboxylic acids is 1. The molecule has 1 amide bonds. The van der Waals surface area contributed by atoms with Crippen LogP contribution in [0, 0.1) is 0 Å². The third-order valence-corrected chi connectivity index (χ3v) is 2.79. The average Bonchev–Trinajstić information content (AvgIpc) is 2.30. The van der Waals surface area contributed by atoms with Crippen molar-refractivity contribution in [3.63, 3.8) is 0 Å². The number of ether oxygens (including phenoxy) is 1. The van der Waals surface area contributed by atoms with Crippen molar-refractivity contribution in [1.29, 1.82) is 0 Å². The molecule has 0 bridgehead atoms. The summed E-state index contributed by atoms with van der Waals surface area (Å²) in [6.07, 6.45) is 5.00. The van der Waals surface area contributed by atoms with Gasteiger partial charge in [0.15, 0.2) is 0 Å². The van der Waals surface area contributed by atoms with Gasteiger partial charge in [0.05, 0.1) is 0 Å². The number of hydrogen-bond acceptors (Lipinski definition) is 2. The Morgan fingerprint density at radius 2 is 2.06 bits per heavy atom. The molecule has 2 N–H and O–H groups in total. The monoisotopic (exact) mass is 217 g/mol. The van der Waals surface area contributed by atoms with Gasteiger partial charge in [0.1, 0.15) is 6.10 Å². The minimum absolute atomic E-state index is 0.0901. The molecule has 2 unspecified atom stereocenters. The Kier molecular flexibility index (Phi) is 3.25. The minimum atomic E-state index is -0.688. The first-order valence-electron chi connectivity index (χ1n) is 5.43. The quantitative estimate of drug-likeness (QED) is 0.774. The predicted octanol–water partition coefficient (Wildman–Crippen LogP) is 2.58. The first-order valence-corrected chi connectivity index (χ1v) is 5.43. The van der Waals surface area contributed by atoms with Crippen LogP contribution < -0.4 is 5.73 Å². The SMILES string of the molecule is NC(=O)OC1CC=CC(c2ccccc2)C1. The van der Waals surface area contributed by atoms with Gasteiger partial charge in [-0.2, -0.15) is 0 Å². The van der Waals surface area contributed by atoms with Crippen LogP contribution in [0.15, 0.2) is 42.5 Å². The summed E-state index contributed by atoms with van der Waals surface area (Å²) >= 11 is 0. The third kappa shape index (κ3) is 2.63. The summed E-state index contributed by atoms with van der Waals surface area (Å²) in [6.45, 7) is 0. The van der Waals surface area contributed by atoms with Gasteiger partial charge in [-0.1, -0.05) is 42.5 Å². The molecule has 1 aliphatic carbocycles. The number of nitrogens with two attached hydrogens (primary N) is 1. The van der Waals surface area contributed by atoms with Crippen LogP contribution in [0.3, 0.4) is 0 Å². The van der Waals surface area contributed by atoms with Crippen molar-refractivity contribution in [3.8, 4) is 0 Å². The molecular formula is C13H15NO2. The van der Waals surface area contributed by atoms with E-state index in [2.05, 4.69) is 24.3 Å². The molecule has 3 heteroatoms. The highest BCUT2D eigenvalue weighted by molar-refractivity contribution is 5.64. The lowest BCUT2D eigenvalue weighted by Crippen LogP contribution is -2.25. The maximum absolute atomic E-state index is 10.7. The molecule has 2 rings (SSSR count). The van der Waals surface area contributed by atoms with E-state index in [1.165, 1.54) is 5.56 Å². The Bertz CT molecular complexity index is 386. The highest BCUT2D eigenvalue weighted by atomic mass is 16.6. The van der Waals surface area contributed by atoms with Gasteiger partial charge < -0.3 is 10.5 Å². The van der Waals surface area contributed by atoms with Gasteiger partial charge in [0.25, 0.3) is 0 Å². The van der Waals surface area contributed by atoms with Crippen molar-refractivity contribution < 1.29 is 9.53 Å². The largest absolute Gasteiger partial charge is 0.446 e. The molecule has 0 saturated heterocycles. The van der Waals surface area contributed by atoms with Gasteiger partial charge in [0.2, 0.25) is 0 Å². The number of hydrogen-bond donors (Lipinski definition) is 1. The number of allylic oxidation sites excluding steroid dienone is 1. The zero-order chi connectivity index (χ0) is 11.4. The maximum Gasteiger partial charge on any atom is 0.404 e. The molecule has 0 radical (unpaired) electrons. The Morgan fingerprint density at radius 1 is 1.31 bits per heavy atom. The van der Waals surface area contributed by atoms with E-state index >= 15 is 0 Å². The van der Waals surface area contributed by atoms with E-state index in [1.807, 2.05) is 18.2 Å². The molecule has 0 aliphatic heterocycles. The third-order valence-electron chi connectivity index (χ3n) is 2.79. The Hall–Kier alpha value is -1.77. The summed E-state index contributed by atoms with van der Waals surface area (Å²) in [6, 6.07) is 10.2. The molecule has 0 spiro atoms. The molecule has 2 atom stereocenters. The number of carbonyl (C=O) groups is 1. The van der Waals surface area contributed by atoms with Crippen molar-refractivity contribution in [2.75, 3.05) is 0 Å². The van der Waals surface area contributed by atoms with Crippen molar-refractivity contribution in [1.82, 2.24) is 0 Å². The van der Waals surface area contributed by atoms with Crippen LogP contribution in [0.1, 0.15) is 24.3 Å². The number of rotatable bonds is 2. The van der Waals surface area contributed by atoms with Crippen LogP contribution in [0.25, 0.3) is 0 Å². The fourth-order valence-corrected chi connectivity index (χ4v) is 2.06. The molecule has 1 aromatic rings. The van der Waals surface area contributed by atoms with E-state index in [4.69, 9.17) is 10.5 Å². The first kappa shape index (κ1) is 10.7. The molecule has 84 valence electrons. The van der Waals surface area contributed by atoms with Crippen LogP contribution in [-0.2, 0) is 4.74 Å². The first-order chi connectivity index (χ1) is 7.75. The molecule has 0 fully saturated rings. The molecule has 1 aliphatic rings.